The molecule has 1 amide bonds. The van der Waals surface area contributed by atoms with E-state index < -0.39 is 23.1 Å². The predicted molar refractivity (Wildman–Crippen MR) is 96.5 cm³/mol. The molecule has 1 N–H and O–H groups in total. The van der Waals surface area contributed by atoms with Crippen molar-refractivity contribution in [2.45, 2.75) is 11.2 Å². The Kier molecular flexibility index (Phi) is 3.91. The van der Waals surface area contributed by atoms with Crippen molar-refractivity contribution in [1.82, 2.24) is 0 Å². The number of carbonyl (C=O) groups excluding carboxylic acids is 2. The van der Waals surface area contributed by atoms with E-state index in [1.54, 1.807) is 55.6 Å². The molecule has 2 aliphatic rings. The minimum atomic E-state index is -2.25. The number of rotatable bonds is 2. The lowest BCUT2D eigenvalue weighted by atomic mass is 9.73. The molecule has 0 bridgehead atoms. The lowest BCUT2D eigenvalue weighted by Crippen LogP contribution is -2.63. The van der Waals surface area contributed by atoms with Gasteiger partial charge in [0, 0.05) is 17.1 Å². The molecule has 1 saturated heterocycles. The van der Waals surface area contributed by atoms with Crippen molar-refractivity contribution in [1.29, 1.82) is 0 Å². The molecule has 6 nitrogen and oxygen atoms in total. The van der Waals surface area contributed by atoms with Crippen LogP contribution >= 0.6 is 15.9 Å². The summed E-state index contributed by atoms with van der Waals surface area (Å²) in [6.07, 6.45) is 0. The zero-order chi connectivity index (χ0) is 18.5. The van der Waals surface area contributed by atoms with Gasteiger partial charge < -0.3 is 19.5 Å². The lowest BCUT2D eigenvalue weighted by molar-refractivity contribution is -0.238. The maximum atomic E-state index is 13.2. The molecule has 4 rings (SSSR count). The van der Waals surface area contributed by atoms with Crippen LogP contribution in [0.3, 0.4) is 0 Å². The Morgan fingerprint density at radius 3 is 2.54 bits per heavy atom. The van der Waals surface area contributed by atoms with Crippen LogP contribution in [-0.2, 0) is 30.3 Å². The number of benzene rings is 2. The zero-order valence-electron chi connectivity index (χ0n) is 13.9. The highest BCUT2D eigenvalue weighted by Crippen LogP contribution is 2.53. The summed E-state index contributed by atoms with van der Waals surface area (Å²) in [6, 6.07) is 13.6. The van der Waals surface area contributed by atoms with Crippen LogP contribution in [0.2, 0.25) is 0 Å². The van der Waals surface area contributed by atoms with Crippen molar-refractivity contribution in [3.63, 3.8) is 0 Å². The second-order valence-electron chi connectivity index (χ2n) is 6.27. The molecule has 2 heterocycles. The standard InChI is InChI=1S/C19H16BrNO5/c1-21-15-8-7-13(20)11-14(15)18(24,16(21)22)19(12-5-3-2-4-6-12)17(23)25-9-10-26-19/h2-8,11,24H,9-10H2,1H3/t18-,19-/m1/s1. The molecule has 0 saturated carbocycles. The summed E-state index contributed by atoms with van der Waals surface area (Å²) in [7, 11) is 1.56. The van der Waals surface area contributed by atoms with Crippen LogP contribution in [0.5, 0.6) is 0 Å². The fourth-order valence-electron chi connectivity index (χ4n) is 3.72. The van der Waals surface area contributed by atoms with Gasteiger partial charge >= 0.3 is 5.97 Å². The Bertz CT molecular complexity index is 902. The summed E-state index contributed by atoms with van der Waals surface area (Å²) >= 11 is 3.37. The summed E-state index contributed by atoms with van der Waals surface area (Å²) in [6.45, 7) is 0.141. The molecule has 0 radical (unpaired) electrons. The first kappa shape index (κ1) is 17.2. The number of esters is 1. The summed E-state index contributed by atoms with van der Waals surface area (Å²) in [5.41, 5.74) is -3.06. The third-order valence-electron chi connectivity index (χ3n) is 4.94. The molecular formula is C19H16BrNO5. The van der Waals surface area contributed by atoms with Gasteiger partial charge in [-0.25, -0.2) is 4.79 Å². The van der Waals surface area contributed by atoms with Gasteiger partial charge in [0.2, 0.25) is 11.2 Å². The Balaban J connectivity index is 2.05. The number of anilines is 1. The van der Waals surface area contributed by atoms with Gasteiger partial charge in [0.05, 0.1) is 12.3 Å². The van der Waals surface area contributed by atoms with Gasteiger partial charge in [-0.3, -0.25) is 4.79 Å². The van der Waals surface area contributed by atoms with E-state index in [1.165, 1.54) is 4.90 Å². The van der Waals surface area contributed by atoms with E-state index in [1.807, 2.05) is 0 Å². The van der Waals surface area contributed by atoms with Crippen molar-refractivity contribution in [2.24, 2.45) is 0 Å². The van der Waals surface area contributed by atoms with E-state index in [0.717, 1.165) is 0 Å². The number of ether oxygens (including phenoxy) is 2. The SMILES string of the molecule is CN1C(=O)[C@@](O)([C@]2(c3ccccc3)OCCOC2=O)c2cc(Br)ccc21. The highest BCUT2D eigenvalue weighted by Gasteiger charge is 2.69. The van der Waals surface area contributed by atoms with E-state index in [4.69, 9.17) is 9.47 Å². The molecule has 26 heavy (non-hydrogen) atoms. The molecule has 0 aromatic heterocycles. The molecule has 0 aliphatic carbocycles. The Morgan fingerprint density at radius 1 is 1.12 bits per heavy atom. The van der Waals surface area contributed by atoms with Gasteiger partial charge in [0.25, 0.3) is 5.91 Å². The largest absolute Gasteiger partial charge is 0.461 e. The summed E-state index contributed by atoms with van der Waals surface area (Å²) < 4.78 is 11.8. The fourth-order valence-corrected chi connectivity index (χ4v) is 4.08. The number of hydrogen-bond acceptors (Lipinski definition) is 5. The summed E-state index contributed by atoms with van der Waals surface area (Å²) in [5.74, 6) is -1.43. The maximum Gasteiger partial charge on any atom is 0.347 e. The minimum Gasteiger partial charge on any atom is -0.461 e. The van der Waals surface area contributed by atoms with E-state index in [2.05, 4.69) is 15.9 Å². The number of cyclic esters (lactones) is 1. The zero-order valence-corrected chi connectivity index (χ0v) is 15.5. The number of carbonyl (C=O) groups is 2. The van der Waals surface area contributed by atoms with Crippen molar-refractivity contribution in [3.05, 3.63) is 64.1 Å². The first-order chi connectivity index (χ1) is 12.4. The molecule has 0 unspecified atom stereocenters. The third kappa shape index (κ3) is 2.05. The molecule has 0 spiro atoms. The van der Waals surface area contributed by atoms with Crippen molar-refractivity contribution >= 4 is 33.5 Å². The quantitative estimate of drug-likeness (QED) is 0.757. The lowest BCUT2D eigenvalue weighted by Gasteiger charge is -2.43. The maximum absolute atomic E-state index is 13.2. The van der Waals surface area contributed by atoms with Gasteiger partial charge in [-0.15, -0.1) is 0 Å². The highest BCUT2D eigenvalue weighted by atomic mass is 79.9. The van der Waals surface area contributed by atoms with Crippen LogP contribution in [0.1, 0.15) is 11.1 Å². The van der Waals surface area contributed by atoms with E-state index in [9.17, 15) is 14.7 Å². The van der Waals surface area contributed by atoms with Gasteiger partial charge in [-0.1, -0.05) is 46.3 Å². The number of halogens is 1. The predicted octanol–water partition coefficient (Wildman–Crippen LogP) is 2.08. The van der Waals surface area contributed by atoms with Gasteiger partial charge in [-0.2, -0.15) is 0 Å². The van der Waals surface area contributed by atoms with Crippen molar-refractivity contribution < 1.29 is 24.2 Å². The summed E-state index contributed by atoms with van der Waals surface area (Å²) in [5, 5.41) is 11.8. The van der Waals surface area contributed by atoms with Crippen molar-refractivity contribution in [2.75, 3.05) is 25.2 Å². The van der Waals surface area contributed by atoms with Crippen molar-refractivity contribution in [3.8, 4) is 0 Å². The van der Waals surface area contributed by atoms with E-state index in [-0.39, 0.29) is 13.2 Å². The Labute approximate surface area is 158 Å². The average molecular weight is 418 g/mol. The first-order valence-electron chi connectivity index (χ1n) is 8.10. The Morgan fingerprint density at radius 2 is 1.85 bits per heavy atom. The summed E-state index contributed by atoms with van der Waals surface area (Å²) in [4.78, 5) is 27.5. The van der Waals surface area contributed by atoms with Gasteiger partial charge in [0.1, 0.15) is 6.61 Å². The molecular weight excluding hydrogens is 402 g/mol. The van der Waals surface area contributed by atoms with Crippen LogP contribution < -0.4 is 4.90 Å². The number of amides is 1. The van der Waals surface area contributed by atoms with Gasteiger partial charge in [-0.05, 0) is 23.8 Å². The van der Waals surface area contributed by atoms with Crippen LogP contribution in [-0.4, -0.2) is 37.2 Å². The number of likely N-dealkylation sites (N-methyl/N-ethyl adjacent to an activating group) is 1. The van der Waals surface area contributed by atoms with Gasteiger partial charge in [0.15, 0.2) is 0 Å². The first-order valence-corrected chi connectivity index (χ1v) is 8.89. The average Bonchev–Trinajstić information content (AvgIpc) is 2.85. The molecule has 2 atom stereocenters. The van der Waals surface area contributed by atoms with Crippen LogP contribution in [0.15, 0.2) is 53.0 Å². The van der Waals surface area contributed by atoms with E-state index >= 15 is 0 Å². The van der Waals surface area contributed by atoms with Crippen LogP contribution in [0, 0.1) is 0 Å². The smallest absolute Gasteiger partial charge is 0.347 e. The third-order valence-corrected chi connectivity index (χ3v) is 5.43. The fraction of sp³-hybridized carbons (Fsp3) is 0.263. The molecule has 134 valence electrons. The number of aliphatic hydroxyl groups is 1. The highest BCUT2D eigenvalue weighted by molar-refractivity contribution is 9.10. The molecule has 1 fully saturated rings. The topological polar surface area (TPSA) is 76.1 Å². The molecule has 7 heteroatoms. The normalized spacial score (nSPS) is 28.0. The number of hydrogen-bond donors (Lipinski definition) is 1. The number of fused-ring (bicyclic) bond motifs is 1. The second-order valence-corrected chi connectivity index (χ2v) is 7.18. The second kappa shape index (κ2) is 5.90. The molecule has 2 aromatic rings. The molecule has 2 aromatic carbocycles. The monoisotopic (exact) mass is 417 g/mol. The van der Waals surface area contributed by atoms with Crippen LogP contribution in [0.4, 0.5) is 5.69 Å². The molecule has 2 aliphatic heterocycles. The Hall–Kier alpha value is -2.22. The van der Waals surface area contributed by atoms with E-state index in [0.29, 0.717) is 21.3 Å². The van der Waals surface area contributed by atoms with Crippen LogP contribution in [0.25, 0.3) is 0 Å². The minimum absolute atomic E-state index is 0.0683. The number of nitrogens with zero attached hydrogens (tertiary/aromatic N) is 1.